The highest BCUT2D eigenvalue weighted by Crippen LogP contribution is 2.36. The van der Waals surface area contributed by atoms with E-state index >= 15 is 0 Å². The molecule has 3 aromatic carbocycles. The minimum atomic E-state index is -0.805. The molecule has 1 aliphatic heterocycles. The quantitative estimate of drug-likeness (QED) is 0.264. The molecule has 1 aliphatic rings. The van der Waals surface area contributed by atoms with E-state index in [-0.39, 0.29) is 11.3 Å². The molecule has 3 N–H and O–H groups in total. The summed E-state index contributed by atoms with van der Waals surface area (Å²) in [5.41, 5.74) is 5.31. The number of aliphatic hydroxyl groups excluding tert-OH is 1. The van der Waals surface area contributed by atoms with Crippen molar-refractivity contribution in [3.8, 4) is 22.3 Å². The Labute approximate surface area is 200 Å². The second-order valence-electron chi connectivity index (χ2n) is 7.50. The van der Waals surface area contributed by atoms with E-state index in [1.165, 1.54) is 12.1 Å². The van der Waals surface area contributed by atoms with Crippen LogP contribution in [0.3, 0.4) is 0 Å². The van der Waals surface area contributed by atoms with Gasteiger partial charge in [0.2, 0.25) is 0 Å². The zero-order chi connectivity index (χ0) is 22.6. The molecule has 4 aromatic rings. The van der Waals surface area contributed by atoms with Crippen LogP contribution in [0.1, 0.15) is 17.2 Å². The number of rotatable bonds is 7. The molecule has 2 unspecified atom stereocenters. The van der Waals surface area contributed by atoms with Crippen molar-refractivity contribution in [2.24, 2.45) is 0 Å². The highest BCUT2D eigenvalue weighted by atomic mass is 32.2. The molecule has 0 bridgehead atoms. The number of hydrogen-bond acceptors (Lipinski definition) is 6. The van der Waals surface area contributed by atoms with E-state index in [0.717, 1.165) is 38.3 Å². The summed E-state index contributed by atoms with van der Waals surface area (Å²) in [5, 5.41) is 16.4. The summed E-state index contributed by atoms with van der Waals surface area (Å²) in [5.74, 6) is -0.271. The van der Waals surface area contributed by atoms with Crippen molar-refractivity contribution in [3.63, 3.8) is 0 Å². The van der Waals surface area contributed by atoms with Gasteiger partial charge < -0.3 is 14.8 Å². The summed E-state index contributed by atoms with van der Waals surface area (Å²) in [6.07, 6.45) is 4.39. The van der Waals surface area contributed by atoms with Gasteiger partial charge in [-0.25, -0.2) is 9.11 Å². The number of halogens is 1. The topological polar surface area (TPSA) is 57.4 Å². The average molecular weight is 477 g/mol. The minimum absolute atomic E-state index is 0.150. The summed E-state index contributed by atoms with van der Waals surface area (Å²) in [7, 11) is 0. The summed E-state index contributed by atoms with van der Waals surface area (Å²) < 4.78 is 22.0. The van der Waals surface area contributed by atoms with Crippen LogP contribution in [-0.4, -0.2) is 10.6 Å². The number of aliphatic hydroxyl groups is 1. The maximum atomic E-state index is 13.4. The molecule has 33 heavy (non-hydrogen) atoms. The normalized spacial score (nSPS) is 16.0. The molecule has 0 radical (unpaired) electrons. The monoisotopic (exact) mass is 476 g/mol. The van der Waals surface area contributed by atoms with Crippen molar-refractivity contribution < 1.29 is 13.9 Å². The van der Waals surface area contributed by atoms with E-state index < -0.39 is 6.10 Å². The molecular weight excluding hydrogens is 455 g/mol. The van der Waals surface area contributed by atoms with Crippen molar-refractivity contribution >= 4 is 23.7 Å². The third-order valence-electron chi connectivity index (χ3n) is 5.37. The first kappa shape index (κ1) is 21.9. The predicted molar refractivity (Wildman–Crippen MR) is 133 cm³/mol. The Balaban J connectivity index is 1.41. The fourth-order valence-corrected chi connectivity index (χ4v) is 5.07. The summed E-state index contributed by atoms with van der Waals surface area (Å²) in [6.45, 7) is 0. The smallest absolute Gasteiger partial charge is 0.138 e. The SMILES string of the molecule is OC(c1ccc(SNC2NC=CS2)cc1)c1ccc(-c2ccc(F)cc2)cc1-c1ccoc1. The Morgan fingerprint density at radius 2 is 1.76 bits per heavy atom. The lowest BCUT2D eigenvalue weighted by atomic mass is 9.91. The lowest BCUT2D eigenvalue weighted by Gasteiger charge is -2.18. The number of furan rings is 1. The molecule has 0 saturated carbocycles. The first-order valence-corrected chi connectivity index (χ1v) is 12.1. The van der Waals surface area contributed by atoms with Gasteiger partial charge in [-0.05, 0) is 81.6 Å². The number of hydrogen-bond donors (Lipinski definition) is 3. The minimum Gasteiger partial charge on any atom is -0.472 e. The summed E-state index contributed by atoms with van der Waals surface area (Å²) in [4.78, 5) is 1.06. The van der Waals surface area contributed by atoms with Crippen LogP contribution >= 0.6 is 23.7 Å². The summed E-state index contributed by atoms with van der Waals surface area (Å²) in [6, 6.07) is 22.0. The van der Waals surface area contributed by atoms with Gasteiger partial charge in [0.1, 0.15) is 17.4 Å². The molecule has 4 nitrogen and oxygen atoms in total. The van der Waals surface area contributed by atoms with Crippen LogP contribution in [0.5, 0.6) is 0 Å². The van der Waals surface area contributed by atoms with Gasteiger partial charge in [-0.2, -0.15) is 0 Å². The highest BCUT2D eigenvalue weighted by Gasteiger charge is 2.18. The Morgan fingerprint density at radius 3 is 2.45 bits per heavy atom. The molecule has 0 saturated heterocycles. The molecule has 0 aliphatic carbocycles. The van der Waals surface area contributed by atoms with E-state index in [0.29, 0.717) is 0 Å². The standard InChI is InChI=1S/C26H21FN2O2S2/c27-21-6-1-17(2-7-21)19-5-10-23(24(15-19)20-11-13-31-16-20)25(30)18-3-8-22(9-4-18)33-29-26-28-12-14-32-26/h1-16,25-26,28-30H. The molecule has 0 spiro atoms. The van der Waals surface area contributed by atoms with Crippen LogP contribution in [0.25, 0.3) is 22.3 Å². The second kappa shape index (κ2) is 9.89. The van der Waals surface area contributed by atoms with E-state index in [9.17, 15) is 9.50 Å². The zero-order valence-electron chi connectivity index (χ0n) is 17.4. The fourth-order valence-electron chi connectivity index (χ4n) is 3.65. The first-order chi connectivity index (χ1) is 16.2. The number of nitrogens with one attached hydrogen (secondary N) is 2. The zero-order valence-corrected chi connectivity index (χ0v) is 19.1. The molecule has 7 heteroatoms. The fraction of sp³-hybridized carbons (Fsp3) is 0.0769. The van der Waals surface area contributed by atoms with Gasteiger partial charge in [0.25, 0.3) is 0 Å². The maximum absolute atomic E-state index is 13.4. The van der Waals surface area contributed by atoms with Gasteiger partial charge in [0, 0.05) is 16.7 Å². The van der Waals surface area contributed by atoms with Crippen LogP contribution in [0, 0.1) is 5.82 Å². The van der Waals surface area contributed by atoms with Crippen molar-refractivity contribution in [2.45, 2.75) is 16.5 Å². The van der Waals surface area contributed by atoms with Gasteiger partial charge in [-0.1, -0.05) is 48.2 Å². The number of benzene rings is 3. The van der Waals surface area contributed by atoms with E-state index in [4.69, 9.17) is 4.42 Å². The molecule has 5 rings (SSSR count). The molecule has 2 heterocycles. The van der Waals surface area contributed by atoms with Gasteiger partial charge in [0.15, 0.2) is 0 Å². The molecule has 0 amide bonds. The second-order valence-corrected chi connectivity index (χ2v) is 9.42. The van der Waals surface area contributed by atoms with Crippen LogP contribution in [0.4, 0.5) is 4.39 Å². The van der Waals surface area contributed by atoms with Crippen LogP contribution in [-0.2, 0) is 0 Å². The highest BCUT2D eigenvalue weighted by molar-refractivity contribution is 8.04. The molecule has 1 aromatic heterocycles. The van der Waals surface area contributed by atoms with Crippen molar-refractivity contribution in [2.75, 3.05) is 0 Å². The van der Waals surface area contributed by atoms with Gasteiger partial charge in [0.05, 0.1) is 12.5 Å². The van der Waals surface area contributed by atoms with Crippen LogP contribution in [0.15, 0.2) is 106 Å². The number of thioether (sulfide) groups is 1. The lowest BCUT2D eigenvalue weighted by molar-refractivity contribution is 0.221. The van der Waals surface area contributed by atoms with E-state index in [1.807, 2.05) is 60.1 Å². The summed E-state index contributed by atoms with van der Waals surface area (Å²) >= 11 is 3.22. The maximum Gasteiger partial charge on any atom is 0.138 e. The molecule has 166 valence electrons. The molecule has 2 atom stereocenters. The Bertz CT molecular complexity index is 1230. The first-order valence-electron chi connectivity index (χ1n) is 10.4. The van der Waals surface area contributed by atoms with Crippen LogP contribution in [0.2, 0.25) is 0 Å². The van der Waals surface area contributed by atoms with Gasteiger partial charge >= 0.3 is 0 Å². The third-order valence-corrected chi connectivity index (χ3v) is 7.20. The van der Waals surface area contributed by atoms with Crippen LogP contribution < -0.4 is 10.0 Å². The van der Waals surface area contributed by atoms with Crippen molar-refractivity contribution in [1.82, 2.24) is 10.0 Å². The van der Waals surface area contributed by atoms with Crippen molar-refractivity contribution in [1.29, 1.82) is 0 Å². The van der Waals surface area contributed by atoms with Crippen molar-refractivity contribution in [3.05, 3.63) is 114 Å². The predicted octanol–water partition coefficient (Wildman–Crippen LogP) is 6.52. The Morgan fingerprint density at radius 1 is 0.970 bits per heavy atom. The Kier molecular flexibility index (Phi) is 6.55. The molecule has 0 fully saturated rings. The Hall–Kier alpha value is -2.97. The molecular formula is C26H21FN2O2S2. The van der Waals surface area contributed by atoms with E-state index in [1.54, 1.807) is 48.4 Å². The van der Waals surface area contributed by atoms with Gasteiger partial charge in [-0.15, -0.1) is 0 Å². The lowest BCUT2D eigenvalue weighted by Crippen LogP contribution is -2.28. The average Bonchev–Trinajstić information content (AvgIpc) is 3.57. The third kappa shape index (κ3) is 5.02. The largest absolute Gasteiger partial charge is 0.472 e. The van der Waals surface area contributed by atoms with E-state index in [2.05, 4.69) is 10.0 Å². The van der Waals surface area contributed by atoms with Gasteiger partial charge in [-0.3, -0.25) is 0 Å².